The van der Waals surface area contributed by atoms with E-state index in [-0.39, 0.29) is 36.7 Å². The normalized spacial score (nSPS) is 25.2. The Balaban J connectivity index is 0.00000240. The van der Waals surface area contributed by atoms with Crippen molar-refractivity contribution in [3.8, 4) is 0 Å². The number of benzene rings is 1. The third-order valence-corrected chi connectivity index (χ3v) is 9.03. The Morgan fingerprint density at radius 3 is 1.90 bits per heavy atom. The molecule has 0 bridgehead atoms. The number of rotatable bonds is 3. The molecule has 3 aliphatic carbocycles. The summed E-state index contributed by atoms with van der Waals surface area (Å²) in [5.41, 5.74) is 14.4. The summed E-state index contributed by atoms with van der Waals surface area (Å²) >= 11 is 0. The van der Waals surface area contributed by atoms with Crippen LogP contribution in [0.25, 0.3) is 6.08 Å². The van der Waals surface area contributed by atoms with Crippen molar-refractivity contribution in [3.63, 3.8) is 0 Å². The smallest absolute Gasteiger partial charge is 0.0202 e. The maximum atomic E-state index is 2.62. The van der Waals surface area contributed by atoms with Gasteiger partial charge in [0.25, 0.3) is 0 Å². The van der Waals surface area contributed by atoms with Gasteiger partial charge >= 0.3 is 0 Å². The minimum absolute atomic E-state index is 0. The zero-order valence-electron chi connectivity index (χ0n) is 19.8. The number of aryl methyl sites for hydroxylation is 2. The quantitative estimate of drug-likeness (QED) is 0.334. The van der Waals surface area contributed by atoms with Gasteiger partial charge in [0.15, 0.2) is 0 Å². The molecule has 1 aromatic carbocycles. The monoisotopic (exact) mass is 554 g/mol. The van der Waals surface area contributed by atoms with E-state index in [1.165, 1.54) is 48.8 Å². The van der Waals surface area contributed by atoms with E-state index < -0.39 is 0 Å². The molecule has 0 aliphatic heterocycles. The summed E-state index contributed by atoms with van der Waals surface area (Å²) in [5, 5.41) is 0. The number of allylic oxidation sites excluding steroid dienone is 5. The molecule has 154 valence electrons. The van der Waals surface area contributed by atoms with Crippen LogP contribution >= 0.6 is 0 Å². The van der Waals surface area contributed by atoms with Gasteiger partial charge in [-0.1, -0.05) is 55.7 Å². The topological polar surface area (TPSA) is 0 Å². The minimum atomic E-state index is 0. The van der Waals surface area contributed by atoms with Crippen molar-refractivity contribution in [3.05, 3.63) is 62.3 Å². The molecule has 4 rings (SSSR count). The molecule has 0 aromatic heterocycles. The van der Waals surface area contributed by atoms with Crippen LogP contribution < -0.4 is 0 Å². The van der Waals surface area contributed by atoms with Gasteiger partial charge in [-0.15, -0.1) is 0 Å². The molecule has 0 nitrogen and oxygen atoms in total. The van der Waals surface area contributed by atoms with E-state index in [0.29, 0.717) is 5.92 Å². The van der Waals surface area contributed by atoms with E-state index in [4.69, 9.17) is 0 Å². The molecule has 0 heterocycles. The molecule has 0 fully saturated rings. The predicted molar refractivity (Wildman–Crippen MR) is 123 cm³/mol. The Kier molecular flexibility index (Phi) is 6.16. The molecular weight excluding hydrogens is 515 g/mol. The van der Waals surface area contributed by atoms with Crippen molar-refractivity contribution in [2.24, 2.45) is 11.3 Å². The van der Waals surface area contributed by atoms with Crippen LogP contribution in [0.2, 0.25) is 0 Å². The summed E-state index contributed by atoms with van der Waals surface area (Å²) in [4.78, 5) is 0. The van der Waals surface area contributed by atoms with Crippen molar-refractivity contribution in [1.82, 2.24) is 0 Å². The van der Waals surface area contributed by atoms with Gasteiger partial charge in [0, 0.05) is 36.7 Å². The third-order valence-electron chi connectivity index (χ3n) is 9.03. The summed E-state index contributed by atoms with van der Waals surface area (Å²) in [5.74, 6) is 0.588. The van der Waals surface area contributed by atoms with Crippen LogP contribution in [0.1, 0.15) is 96.9 Å². The van der Waals surface area contributed by atoms with Gasteiger partial charge in [0.05, 0.1) is 0 Å². The Morgan fingerprint density at radius 1 is 0.862 bits per heavy atom. The van der Waals surface area contributed by atoms with E-state index in [1.807, 2.05) is 0 Å². The largest absolute Gasteiger partial charge is 0.0618 e. The third kappa shape index (κ3) is 3.17. The van der Waals surface area contributed by atoms with Crippen LogP contribution in [0.3, 0.4) is 0 Å². The Bertz CT molecular complexity index is 913. The van der Waals surface area contributed by atoms with E-state index in [1.54, 1.807) is 33.4 Å². The number of hydrogen-bond acceptors (Lipinski definition) is 0. The Morgan fingerprint density at radius 2 is 1.38 bits per heavy atom. The molecule has 1 atom stereocenters. The first kappa shape index (κ1) is 23.0. The van der Waals surface area contributed by atoms with Gasteiger partial charge in [-0.05, 0) is 106 Å². The van der Waals surface area contributed by atoms with Gasteiger partial charge in [-0.25, -0.2) is 0 Å². The first-order valence-electron chi connectivity index (χ1n) is 11.3. The zero-order valence-corrected chi connectivity index (χ0v) is 23.4. The summed E-state index contributed by atoms with van der Waals surface area (Å²) in [6.07, 6.45) is 8.95. The van der Waals surface area contributed by atoms with Crippen LogP contribution in [0.5, 0.6) is 0 Å². The molecular formula is C28H38Hf. The van der Waals surface area contributed by atoms with Gasteiger partial charge in [0.2, 0.25) is 0 Å². The first-order valence-corrected chi connectivity index (χ1v) is 11.3. The average Bonchev–Trinajstić information content (AvgIpc) is 3.01. The van der Waals surface area contributed by atoms with E-state index in [2.05, 4.69) is 73.6 Å². The molecule has 1 unspecified atom stereocenters. The second-order valence-electron chi connectivity index (χ2n) is 10.4. The molecule has 29 heavy (non-hydrogen) atoms. The van der Waals surface area contributed by atoms with Gasteiger partial charge in [0.1, 0.15) is 0 Å². The summed E-state index contributed by atoms with van der Waals surface area (Å²) in [7, 11) is 0. The van der Waals surface area contributed by atoms with Crippen molar-refractivity contribution >= 4 is 6.08 Å². The summed E-state index contributed by atoms with van der Waals surface area (Å²) in [6, 6.07) is 5.16. The number of hydrogen-bond donors (Lipinski definition) is 0. The molecule has 0 radical (unpaired) electrons. The summed E-state index contributed by atoms with van der Waals surface area (Å²) < 4.78 is 0. The standard InChI is InChI=1S/C28H38.Hf/c1-17(2)28(16-27(8)21(6)19(4)20(5)22(27)7)18(3)13-25-14-23-11-9-10-12-24(23)15-26(25)28;/h13-15,17H,9-12,16H2,1-8H3;. The van der Waals surface area contributed by atoms with Crippen LogP contribution in [0.15, 0.2) is 40.0 Å². The van der Waals surface area contributed by atoms with E-state index in [9.17, 15) is 0 Å². The maximum Gasteiger partial charge on any atom is 0.0202 e. The fourth-order valence-electron chi connectivity index (χ4n) is 6.58. The minimum Gasteiger partial charge on any atom is -0.0618 e. The fourth-order valence-corrected chi connectivity index (χ4v) is 6.58. The molecule has 1 aromatic rings. The Labute approximate surface area is 197 Å². The van der Waals surface area contributed by atoms with Gasteiger partial charge in [-0.3, -0.25) is 0 Å². The second-order valence-corrected chi connectivity index (χ2v) is 10.4. The van der Waals surface area contributed by atoms with E-state index in [0.717, 1.165) is 0 Å². The molecule has 0 saturated carbocycles. The second kappa shape index (κ2) is 7.77. The SMILES string of the molecule is CC1=Cc2cc3c(cc2C1(CC1(C)C(C)=C(C)C(C)=C1C)C(C)C)CCCC3.[Hf]. The fraction of sp³-hybridized carbons (Fsp3) is 0.571. The van der Waals surface area contributed by atoms with Crippen LogP contribution in [-0.4, -0.2) is 0 Å². The van der Waals surface area contributed by atoms with Crippen LogP contribution in [-0.2, 0) is 44.1 Å². The van der Waals surface area contributed by atoms with Gasteiger partial charge in [-0.2, -0.15) is 0 Å². The van der Waals surface area contributed by atoms with Crippen molar-refractivity contribution in [2.45, 2.75) is 92.9 Å². The molecule has 0 N–H and O–H groups in total. The van der Waals surface area contributed by atoms with Crippen LogP contribution in [0.4, 0.5) is 0 Å². The Hall–Kier alpha value is -0.690. The predicted octanol–water partition coefficient (Wildman–Crippen LogP) is 7.96. The van der Waals surface area contributed by atoms with Gasteiger partial charge < -0.3 is 0 Å². The van der Waals surface area contributed by atoms with E-state index >= 15 is 0 Å². The zero-order chi connectivity index (χ0) is 20.4. The summed E-state index contributed by atoms with van der Waals surface area (Å²) in [6.45, 7) is 19.2. The van der Waals surface area contributed by atoms with Crippen molar-refractivity contribution in [2.75, 3.05) is 0 Å². The average molecular weight is 553 g/mol. The molecule has 3 aliphatic rings. The molecule has 1 heteroatoms. The number of fused-ring (bicyclic) bond motifs is 2. The molecule has 0 amide bonds. The van der Waals surface area contributed by atoms with Crippen LogP contribution in [0, 0.1) is 11.3 Å². The first-order chi connectivity index (χ1) is 13.1. The molecule has 0 spiro atoms. The molecule has 0 saturated heterocycles. The van der Waals surface area contributed by atoms with Crippen molar-refractivity contribution in [1.29, 1.82) is 0 Å². The van der Waals surface area contributed by atoms with Crippen molar-refractivity contribution < 1.29 is 25.8 Å². The maximum absolute atomic E-state index is 2.62.